The van der Waals surface area contributed by atoms with Crippen LogP contribution in [0.25, 0.3) is 0 Å². The van der Waals surface area contributed by atoms with Crippen LogP contribution >= 0.6 is 0 Å². The summed E-state index contributed by atoms with van der Waals surface area (Å²) in [5.74, 6) is 0.373. The molecule has 0 saturated heterocycles. The van der Waals surface area contributed by atoms with Gasteiger partial charge in [-0.2, -0.15) is 7.05 Å². The third-order valence-electron chi connectivity index (χ3n) is 0.667. The Hall–Kier alpha value is 0.818. The molecule has 74 valence electrons. The molecule has 0 amide bonds. The Labute approximate surface area is 131 Å². The summed E-state index contributed by atoms with van der Waals surface area (Å²) in [4.78, 5) is 6.92. The SMILES string of the molecule is C.C.[CH2-]N=C(N)NC(N)=NC.[Y].[Y]. The van der Waals surface area contributed by atoms with Gasteiger partial charge in [0.25, 0.3) is 0 Å². The average molecular weight is 338 g/mol. The predicted octanol–water partition coefficient (Wildman–Crippen LogP) is -0.106. The van der Waals surface area contributed by atoms with E-state index in [-0.39, 0.29) is 92.2 Å². The van der Waals surface area contributed by atoms with E-state index < -0.39 is 0 Å². The first-order valence-corrected chi connectivity index (χ1v) is 2.29. The van der Waals surface area contributed by atoms with Crippen molar-refractivity contribution >= 4 is 11.9 Å². The quantitative estimate of drug-likeness (QED) is 0.327. The molecule has 0 aliphatic heterocycles. The largest absolute Gasteiger partial charge is 0.446 e. The number of guanidine groups is 2. The van der Waals surface area contributed by atoms with E-state index in [1.165, 1.54) is 0 Å². The minimum Gasteiger partial charge on any atom is -0.446 e. The minimum absolute atomic E-state index is 0. The van der Waals surface area contributed by atoms with Crippen molar-refractivity contribution < 1.29 is 65.4 Å². The monoisotopic (exact) mass is 338 g/mol. The summed E-state index contributed by atoms with van der Waals surface area (Å²) in [5.41, 5.74) is 10.4. The van der Waals surface area contributed by atoms with E-state index in [0.29, 0.717) is 0 Å². The molecule has 2 radical (unpaired) electrons. The summed E-state index contributed by atoms with van der Waals surface area (Å²) in [5, 5.41) is 2.47. The summed E-state index contributed by atoms with van der Waals surface area (Å²) in [6, 6.07) is 0. The van der Waals surface area contributed by atoms with Gasteiger partial charge in [0.15, 0.2) is 5.96 Å². The van der Waals surface area contributed by atoms with Crippen molar-refractivity contribution in [3.05, 3.63) is 7.05 Å². The summed E-state index contributed by atoms with van der Waals surface area (Å²) >= 11 is 0. The molecule has 13 heavy (non-hydrogen) atoms. The Morgan fingerprint density at radius 2 is 1.54 bits per heavy atom. The Balaban J connectivity index is -0.0000000533. The van der Waals surface area contributed by atoms with Crippen molar-refractivity contribution in [3.63, 3.8) is 0 Å². The third kappa shape index (κ3) is 19.3. The fourth-order valence-electron chi connectivity index (χ4n) is 0.227. The first-order chi connectivity index (χ1) is 4.20. The van der Waals surface area contributed by atoms with Crippen LogP contribution in [0.15, 0.2) is 9.98 Å². The Kier molecular flexibility index (Phi) is 41.7. The van der Waals surface area contributed by atoms with Crippen LogP contribution in [0.5, 0.6) is 0 Å². The molecule has 5 nitrogen and oxygen atoms in total. The van der Waals surface area contributed by atoms with Crippen molar-refractivity contribution in [2.45, 2.75) is 14.9 Å². The molecule has 0 heterocycles. The molecule has 7 heteroatoms. The van der Waals surface area contributed by atoms with Crippen molar-refractivity contribution in [2.24, 2.45) is 21.5 Å². The van der Waals surface area contributed by atoms with Gasteiger partial charge in [0, 0.05) is 78.4 Å². The van der Waals surface area contributed by atoms with E-state index in [1.54, 1.807) is 7.05 Å². The van der Waals surface area contributed by atoms with Crippen LogP contribution in [-0.4, -0.2) is 19.0 Å². The second-order valence-electron chi connectivity index (χ2n) is 1.28. The van der Waals surface area contributed by atoms with Gasteiger partial charge in [0.2, 0.25) is 0 Å². The van der Waals surface area contributed by atoms with E-state index in [2.05, 4.69) is 22.3 Å². The number of aliphatic imine (C=N–C) groups is 2. The minimum atomic E-state index is 0. The van der Waals surface area contributed by atoms with Crippen molar-refractivity contribution in [3.8, 4) is 0 Å². The predicted molar refractivity (Wildman–Crippen MR) is 51.1 cm³/mol. The van der Waals surface area contributed by atoms with Crippen LogP contribution < -0.4 is 16.8 Å². The van der Waals surface area contributed by atoms with Crippen LogP contribution in [0.3, 0.4) is 0 Å². The van der Waals surface area contributed by atoms with Gasteiger partial charge in [0.05, 0.1) is 0 Å². The number of rotatable bonds is 0. The molecule has 0 saturated carbocycles. The molecule has 0 aliphatic rings. The fourth-order valence-corrected chi connectivity index (χ4v) is 0.227. The third-order valence-corrected chi connectivity index (χ3v) is 0.667. The second-order valence-corrected chi connectivity index (χ2v) is 1.28. The standard InChI is InChI=1S/C4H10N5.2CH4.2Y/c1-7-3(5)9-4(6)8-2;;;;/h1H2,2H3,(H5,5,6,7,8,9);2*1H4;;/q-1;;;;. The van der Waals surface area contributed by atoms with E-state index in [9.17, 15) is 0 Å². The number of hydrogen-bond acceptors (Lipinski definition) is 2. The average Bonchev–Trinajstić information content (AvgIpc) is 1.87. The maximum atomic E-state index is 5.20. The molecule has 0 fully saturated rings. The van der Waals surface area contributed by atoms with Crippen molar-refractivity contribution in [2.75, 3.05) is 7.05 Å². The van der Waals surface area contributed by atoms with Crippen LogP contribution in [0.2, 0.25) is 0 Å². The molecule has 0 unspecified atom stereocenters. The molecule has 0 spiro atoms. The number of hydrogen-bond donors (Lipinski definition) is 3. The van der Waals surface area contributed by atoms with Gasteiger partial charge in [0.1, 0.15) is 0 Å². The molecular weight excluding hydrogens is 320 g/mol. The van der Waals surface area contributed by atoms with Crippen LogP contribution in [0.4, 0.5) is 0 Å². The van der Waals surface area contributed by atoms with Gasteiger partial charge in [-0.1, -0.05) is 14.9 Å². The molecule has 0 rings (SSSR count). The molecule has 0 bridgehead atoms. The van der Waals surface area contributed by atoms with Gasteiger partial charge in [-0.15, -0.1) is 0 Å². The molecular formula is C6H18N5Y2-. The smallest absolute Gasteiger partial charge is 0.178 e. The van der Waals surface area contributed by atoms with Crippen molar-refractivity contribution in [1.82, 2.24) is 5.32 Å². The van der Waals surface area contributed by atoms with Gasteiger partial charge in [-0.3, -0.25) is 4.99 Å². The number of nitrogens with zero attached hydrogens (tertiary/aromatic N) is 2. The van der Waals surface area contributed by atoms with Crippen LogP contribution in [0, 0.1) is 7.05 Å². The summed E-state index contributed by atoms with van der Waals surface area (Å²) in [7, 11) is 4.70. The van der Waals surface area contributed by atoms with E-state index in [4.69, 9.17) is 11.5 Å². The molecule has 0 aromatic carbocycles. The summed E-state index contributed by atoms with van der Waals surface area (Å²) in [6.07, 6.45) is 0. The summed E-state index contributed by atoms with van der Waals surface area (Å²) < 4.78 is 0. The van der Waals surface area contributed by atoms with E-state index in [0.717, 1.165) is 0 Å². The van der Waals surface area contributed by atoms with Crippen molar-refractivity contribution in [1.29, 1.82) is 0 Å². The fraction of sp³-hybridized carbons (Fsp3) is 0.500. The maximum Gasteiger partial charge on any atom is 0.178 e. The maximum absolute atomic E-state index is 5.20. The van der Waals surface area contributed by atoms with Gasteiger partial charge < -0.3 is 21.8 Å². The zero-order valence-corrected chi connectivity index (χ0v) is 12.1. The zero-order chi connectivity index (χ0) is 7.28. The molecule has 0 atom stereocenters. The van der Waals surface area contributed by atoms with E-state index in [1.807, 2.05) is 0 Å². The first-order valence-electron chi connectivity index (χ1n) is 2.29. The molecule has 0 aromatic rings. The zero-order valence-electron chi connectivity index (χ0n) is 6.41. The molecule has 5 N–H and O–H groups in total. The first kappa shape index (κ1) is 29.2. The number of nitrogens with one attached hydrogen (secondary N) is 1. The topological polar surface area (TPSA) is 88.8 Å². The Morgan fingerprint density at radius 3 is 1.77 bits per heavy atom. The van der Waals surface area contributed by atoms with E-state index >= 15 is 0 Å². The number of nitrogens with two attached hydrogens (primary N) is 2. The second kappa shape index (κ2) is 18.6. The van der Waals surface area contributed by atoms with Gasteiger partial charge in [-0.05, 0) is 0 Å². The Morgan fingerprint density at radius 1 is 1.15 bits per heavy atom. The van der Waals surface area contributed by atoms with Gasteiger partial charge in [-0.25, -0.2) is 0 Å². The van der Waals surface area contributed by atoms with Crippen LogP contribution in [-0.2, 0) is 65.4 Å². The van der Waals surface area contributed by atoms with Gasteiger partial charge >= 0.3 is 0 Å². The normalized spacial score (nSPS) is 9.31. The molecule has 0 aliphatic carbocycles. The summed E-state index contributed by atoms with van der Waals surface area (Å²) in [6.45, 7) is 0. The van der Waals surface area contributed by atoms with Crippen LogP contribution in [0.1, 0.15) is 14.9 Å². The molecule has 0 aromatic heterocycles. The Bertz CT molecular complexity index is 130.